The minimum atomic E-state index is -0.131. The maximum Gasteiger partial charge on any atom is 0.306 e. The fourth-order valence-corrected chi connectivity index (χ4v) is 6.63. The lowest BCUT2D eigenvalue weighted by Crippen LogP contribution is -2.49. The van der Waals surface area contributed by atoms with Gasteiger partial charge in [0.25, 0.3) is 0 Å². The van der Waals surface area contributed by atoms with Crippen molar-refractivity contribution in [3.05, 3.63) is 125 Å². The lowest BCUT2D eigenvalue weighted by Gasteiger charge is -2.47. The van der Waals surface area contributed by atoms with Crippen molar-refractivity contribution in [2.75, 3.05) is 13.7 Å². The van der Waals surface area contributed by atoms with Crippen molar-refractivity contribution in [2.45, 2.75) is 76.3 Å². The number of esters is 1. The average Bonchev–Trinajstić information content (AvgIpc) is 3.10. The van der Waals surface area contributed by atoms with Gasteiger partial charge in [0, 0.05) is 31.3 Å². The van der Waals surface area contributed by atoms with Crippen molar-refractivity contribution in [3.63, 3.8) is 0 Å². The van der Waals surface area contributed by atoms with Crippen LogP contribution in [0, 0.1) is 0 Å². The predicted octanol–water partition coefficient (Wildman–Crippen LogP) is 8.09. The molecule has 0 saturated carbocycles. The number of methoxy groups -OCH3 is 1. The summed E-state index contributed by atoms with van der Waals surface area (Å²) in [5.74, 6) is 2.15. The van der Waals surface area contributed by atoms with Crippen molar-refractivity contribution in [3.8, 4) is 17.2 Å². The Morgan fingerprint density at radius 2 is 1.47 bits per heavy atom. The highest BCUT2D eigenvalue weighted by molar-refractivity contribution is 5.70. The van der Waals surface area contributed by atoms with Gasteiger partial charge in [-0.1, -0.05) is 85.3 Å². The van der Waals surface area contributed by atoms with Gasteiger partial charge in [0.2, 0.25) is 0 Å². The van der Waals surface area contributed by atoms with Crippen molar-refractivity contribution in [1.29, 1.82) is 0 Å². The number of carbonyl (C=O) groups is 1. The van der Waals surface area contributed by atoms with Crippen LogP contribution in [0.4, 0.5) is 0 Å². The van der Waals surface area contributed by atoms with Crippen molar-refractivity contribution in [2.24, 2.45) is 0 Å². The second-order valence-electron chi connectivity index (χ2n) is 12.1. The smallest absolute Gasteiger partial charge is 0.306 e. The molecule has 4 aromatic rings. The molecule has 2 aliphatic heterocycles. The number of hydrogen-bond acceptors (Lipinski definition) is 6. The van der Waals surface area contributed by atoms with E-state index in [1.165, 1.54) is 18.4 Å². The van der Waals surface area contributed by atoms with Crippen LogP contribution in [0.3, 0.4) is 0 Å². The van der Waals surface area contributed by atoms with E-state index >= 15 is 0 Å². The second-order valence-corrected chi connectivity index (χ2v) is 12.1. The van der Waals surface area contributed by atoms with E-state index in [0.29, 0.717) is 32.1 Å². The number of ether oxygens (including phenoxy) is 4. The molecule has 0 aromatic heterocycles. The molecule has 2 heterocycles. The van der Waals surface area contributed by atoms with E-state index < -0.39 is 0 Å². The highest BCUT2D eigenvalue weighted by atomic mass is 16.5. The highest BCUT2D eigenvalue weighted by Crippen LogP contribution is 2.42. The topological polar surface area (TPSA) is 57.2 Å². The van der Waals surface area contributed by atoms with E-state index in [-0.39, 0.29) is 18.1 Å². The third-order valence-electron chi connectivity index (χ3n) is 8.99. The SMILES string of the molecule is COc1ccc(C2CC(OC(=O)CCc3ccc(OCc4ccccc4)cc3)CC3CCCCN32)cc1OCc1ccccc1. The van der Waals surface area contributed by atoms with Crippen molar-refractivity contribution in [1.82, 2.24) is 4.90 Å². The molecule has 0 spiro atoms. The summed E-state index contributed by atoms with van der Waals surface area (Å²) in [6.07, 6.45) is 6.12. The summed E-state index contributed by atoms with van der Waals surface area (Å²) in [7, 11) is 1.68. The fraction of sp³-hybridized carbons (Fsp3) is 0.359. The molecule has 3 unspecified atom stereocenters. The van der Waals surface area contributed by atoms with Crippen LogP contribution in [0.2, 0.25) is 0 Å². The van der Waals surface area contributed by atoms with Gasteiger partial charge in [-0.25, -0.2) is 0 Å². The average molecular weight is 606 g/mol. The number of nitrogens with zero attached hydrogens (tertiary/aromatic N) is 1. The summed E-state index contributed by atoms with van der Waals surface area (Å²) >= 11 is 0. The van der Waals surface area contributed by atoms with Gasteiger partial charge < -0.3 is 18.9 Å². The van der Waals surface area contributed by atoms with E-state index in [4.69, 9.17) is 18.9 Å². The van der Waals surface area contributed by atoms with Crippen LogP contribution >= 0.6 is 0 Å². The lowest BCUT2D eigenvalue weighted by molar-refractivity contribution is -0.154. The summed E-state index contributed by atoms with van der Waals surface area (Å²) in [5, 5.41) is 0. The Morgan fingerprint density at radius 3 is 2.18 bits per heavy atom. The molecule has 0 amide bonds. The highest BCUT2D eigenvalue weighted by Gasteiger charge is 2.39. The van der Waals surface area contributed by atoms with Gasteiger partial charge in [-0.15, -0.1) is 0 Å². The standard InChI is InChI=1S/C39H43NO5/c1-42-37-21-18-32(24-38(37)44-28-31-12-6-3-7-13-31)36-26-35(25-33-14-8-9-23-40(33)36)45-39(41)22-17-29-15-19-34(20-16-29)43-27-30-10-4-2-5-11-30/h2-7,10-13,15-16,18-21,24,33,35-36H,8-9,14,17,22-23,25-28H2,1H3. The Morgan fingerprint density at radius 1 is 0.756 bits per heavy atom. The molecular weight excluding hydrogens is 562 g/mol. The van der Waals surface area contributed by atoms with Gasteiger partial charge in [-0.3, -0.25) is 9.69 Å². The number of benzene rings is 4. The Hall–Kier alpha value is -4.29. The van der Waals surface area contributed by atoms with Gasteiger partial charge in [0.1, 0.15) is 25.1 Å². The molecule has 6 heteroatoms. The summed E-state index contributed by atoms with van der Waals surface area (Å²) in [5.41, 5.74) is 4.52. The first-order valence-corrected chi connectivity index (χ1v) is 16.2. The molecule has 234 valence electrons. The number of hydrogen-bond donors (Lipinski definition) is 0. The summed E-state index contributed by atoms with van der Waals surface area (Å²) in [4.78, 5) is 15.7. The Kier molecular flexibility index (Phi) is 10.3. The van der Waals surface area contributed by atoms with E-state index in [1.807, 2.05) is 66.7 Å². The maximum absolute atomic E-state index is 13.1. The zero-order valence-electron chi connectivity index (χ0n) is 26.1. The number of rotatable bonds is 12. The zero-order chi connectivity index (χ0) is 30.8. The third kappa shape index (κ3) is 8.25. The Bertz CT molecular complexity index is 1510. The van der Waals surface area contributed by atoms with Crippen LogP contribution in [0.15, 0.2) is 103 Å². The monoisotopic (exact) mass is 605 g/mol. The third-order valence-corrected chi connectivity index (χ3v) is 8.99. The van der Waals surface area contributed by atoms with Gasteiger partial charge in [0.05, 0.1) is 7.11 Å². The summed E-state index contributed by atoms with van der Waals surface area (Å²) in [6, 6.07) is 35.1. The minimum Gasteiger partial charge on any atom is -0.493 e. The van der Waals surface area contributed by atoms with E-state index in [2.05, 4.69) is 41.3 Å². The lowest BCUT2D eigenvalue weighted by atomic mass is 9.84. The first kappa shape index (κ1) is 30.7. The van der Waals surface area contributed by atoms with E-state index in [1.54, 1.807) is 7.11 Å². The fourth-order valence-electron chi connectivity index (χ4n) is 6.63. The molecule has 2 fully saturated rings. The van der Waals surface area contributed by atoms with E-state index in [9.17, 15) is 4.79 Å². The molecular formula is C39H43NO5. The van der Waals surface area contributed by atoms with Gasteiger partial charge in [-0.05, 0) is 72.3 Å². The summed E-state index contributed by atoms with van der Waals surface area (Å²) < 4.78 is 24.0. The largest absolute Gasteiger partial charge is 0.493 e. The molecule has 0 N–H and O–H groups in total. The second kappa shape index (κ2) is 15.1. The molecule has 0 radical (unpaired) electrons. The molecule has 0 aliphatic carbocycles. The summed E-state index contributed by atoms with van der Waals surface area (Å²) in [6.45, 7) is 2.07. The molecule has 0 bridgehead atoms. The van der Waals surface area contributed by atoms with Gasteiger partial charge >= 0.3 is 5.97 Å². The quantitative estimate of drug-likeness (QED) is 0.152. The van der Waals surface area contributed by atoms with Crippen LogP contribution in [0.1, 0.15) is 66.8 Å². The molecule has 6 rings (SSSR count). The predicted molar refractivity (Wildman–Crippen MR) is 176 cm³/mol. The van der Waals surface area contributed by atoms with Gasteiger partial charge in [-0.2, -0.15) is 0 Å². The molecule has 6 nitrogen and oxygen atoms in total. The molecule has 45 heavy (non-hydrogen) atoms. The van der Waals surface area contributed by atoms with Crippen molar-refractivity contribution >= 4 is 5.97 Å². The first-order chi connectivity index (χ1) is 22.1. The molecule has 3 atom stereocenters. The minimum absolute atomic E-state index is 0.105. The van der Waals surface area contributed by atoms with E-state index in [0.717, 1.165) is 59.7 Å². The normalized spacial score (nSPS) is 19.7. The Labute approximate surface area is 266 Å². The number of fused-ring (bicyclic) bond motifs is 1. The van der Waals surface area contributed by atoms with Crippen LogP contribution in [-0.4, -0.2) is 36.7 Å². The number of piperidine rings is 2. The van der Waals surface area contributed by atoms with Crippen LogP contribution in [0.5, 0.6) is 17.2 Å². The van der Waals surface area contributed by atoms with Crippen molar-refractivity contribution < 1.29 is 23.7 Å². The van der Waals surface area contributed by atoms with Crippen LogP contribution in [0.25, 0.3) is 0 Å². The first-order valence-electron chi connectivity index (χ1n) is 16.2. The number of carbonyl (C=O) groups excluding carboxylic acids is 1. The maximum atomic E-state index is 13.1. The zero-order valence-corrected chi connectivity index (χ0v) is 26.1. The molecule has 4 aromatic carbocycles. The molecule has 2 aliphatic rings. The Balaban J connectivity index is 1.06. The van der Waals surface area contributed by atoms with Crippen LogP contribution in [-0.2, 0) is 29.2 Å². The number of aryl methyl sites for hydroxylation is 1. The molecule has 2 saturated heterocycles. The van der Waals surface area contributed by atoms with Crippen LogP contribution < -0.4 is 14.2 Å². The van der Waals surface area contributed by atoms with Gasteiger partial charge in [0.15, 0.2) is 11.5 Å².